The van der Waals surface area contributed by atoms with Crippen LogP contribution in [0.1, 0.15) is 48.2 Å². The number of nitrogens with zero attached hydrogens (tertiary/aromatic N) is 3. The molecule has 1 amide bonds. The van der Waals surface area contributed by atoms with E-state index in [1.165, 1.54) is 0 Å². The topological polar surface area (TPSA) is 125 Å². The second-order valence-electron chi connectivity index (χ2n) is 6.37. The molecule has 3 rings (SSSR count). The number of aromatic amines is 2. The van der Waals surface area contributed by atoms with Gasteiger partial charge in [-0.25, -0.2) is 4.79 Å². The van der Waals surface area contributed by atoms with E-state index in [-0.39, 0.29) is 24.7 Å². The average Bonchev–Trinajstić information content (AvgIpc) is 3.00. The number of amides is 1. The normalized spacial score (nSPS) is 17.7. The lowest BCUT2D eigenvalue weighted by molar-refractivity contribution is -0.132. The Morgan fingerprint density at radius 2 is 2.12 bits per heavy atom. The van der Waals surface area contributed by atoms with Crippen LogP contribution >= 0.6 is 0 Å². The lowest BCUT2D eigenvalue weighted by atomic mass is 9.97. The first kappa shape index (κ1) is 17.1. The molecule has 0 unspecified atom stereocenters. The number of aromatic nitrogens is 4. The SMILES string of the molecule is Cc1noc([C@@H]2CCCN(C(=O)CCc3c(C)[nH]c(=O)[nH]c3=O)C2)n1. The Bertz CT molecular complexity index is 881. The number of hydrogen-bond acceptors (Lipinski definition) is 6. The van der Waals surface area contributed by atoms with Gasteiger partial charge in [-0.3, -0.25) is 14.6 Å². The lowest BCUT2D eigenvalue weighted by Gasteiger charge is -2.31. The standard InChI is InChI=1S/C16H21N5O4/c1-9-12(14(23)19-16(24)17-9)5-6-13(22)21-7-3-4-11(8-21)15-18-10(2)20-25-15/h11H,3-8H2,1-2H3,(H2,17,19,23,24)/t11-/m1/s1. The van der Waals surface area contributed by atoms with Crippen LogP contribution in [0.3, 0.4) is 0 Å². The van der Waals surface area contributed by atoms with Crippen LogP contribution in [0.4, 0.5) is 0 Å². The molecule has 1 atom stereocenters. The van der Waals surface area contributed by atoms with Crippen LogP contribution in [0.25, 0.3) is 0 Å². The zero-order valence-corrected chi connectivity index (χ0v) is 14.3. The Morgan fingerprint density at radius 3 is 2.80 bits per heavy atom. The van der Waals surface area contributed by atoms with Gasteiger partial charge in [-0.1, -0.05) is 5.16 Å². The van der Waals surface area contributed by atoms with E-state index in [1.54, 1.807) is 18.7 Å². The molecule has 1 aliphatic heterocycles. The van der Waals surface area contributed by atoms with Gasteiger partial charge in [-0.2, -0.15) is 4.98 Å². The van der Waals surface area contributed by atoms with Crippen molar-refractivity contribution in [2.75, 3.05) is 13.1 Å². The minimum absolute atomic E-state index is 0.0223. The number of carbonyl (C=O) groups is 1. The smallest absolute Gasteiger partial charge is 0.325 e. The first-order valence-corrected chi connectivity index (χ1v) is 8.34. The zero-order chi connectivity index (χ0) is 18.0. The summed E-state index contributed by atoms with van der Waals surface area (Å²) in [5.41, 5.74) is -0.0355. The molecule has 9 heteroatoms. The van der Waals surface area contributed by atoms with Crippen molar-refractivity contribution in [2.45, 2.75) is 45.4 Å². The Kier molecular flexibility index (Phi) is 4.82. The molecule has 1 aliphatic rings. The van der Waals surface area contributed by atoms with E-state index in [0.717, 1.165) is 12.8 Å². The van der Waals surface area contributed by atoms with Gasteiger partial charge in [0.2, 0.25) is 11.8 Å². The fraction of sp³-hybridized carbons (Fsp3) is 0.562. The molecule has 0 saturated carbocycles. The van der Waals surface area contributed by atoms with Gasteiger partial charge in [-0.15, -0.1) is 0 Å². The second-order valence-corrected chi connectivity index (χ2v) is 6.37. The van der Waals surface area contributed by atoms with Crippen molar-refractivity contribution >= 4 is 5.91 Å². The van der Waals surface area contributed by atoms with Crippen molar-refractivity contribution in [3.63, 3.8) is 0 Å². The Hall–Kier alpha value is -2.71. The van der Waals surface area contributed by atoms with Gasteiger partial charge in [0.1, 0.15) is 0 Å². The predicted octanol–water partition coefficient (Wildman–Crippen LogP) is 0.402. The molecular formula is C16H21N5O4. The summed E-state index contributed by atoms with van der Waals surface area (Å²) in [6.45, 7) is 4.65. The number of nitrogens with one attached hydrogen (secondary N) is 2. The summed E-state index contributed by atoms with van der Waals surface area (Å²) in [6.07, 6.45) is 2.28. The summed E-state index contributed by atoms with van der Waals surface area (Å²) < 4.78 is 5.23. The number of H-pyrrole nitrogens is 2. The molecule has 1 saturated heterocycles. The van der Waals surface area contributed by atoms with E-state index < -0.39 is 11.2 Å². The van der Waals surface area contributed by atoms with Crippen LogP contribution in [0, 0.1) is 13.8 Å². The summed E-state index contributed by atoms with van der Waals surface area (Å²) in [7, 11) is 0. The summed E-state index contributed by atoms with van der Waals surface area (Å²) in [6, 6.07) is 0. The van der Waals surface area contributed by atoms with Gasteiger partial charge < -0.3 is 14.4 Å². The highest BCUT2D eigenvalue weighted by Crippen LogP contribution is 2.26. The maximum Gasteiger partial charge on any atom is 0.325 e. The molecule has 0 aromatic carbocycles. The van der Waals surface area contributed by atoms with Crippen LogP contribution in [-0.4, -0.2) is 44.0 Å². The highest BCUT2D eigenvalue weighted by atomic mass is 16.5. The molecular weight excluding hydrogens is 326 g/mol. The fourth-order valence-electron chi connectivity index (χ4n) is 3.20. The monoisotopic (exact) mass is 347 g/mol. The first-order valence-electron chi connectivity index (χ1n) is 8.34. The first-order chi connectivity index (χ1) is 11.9. The van der Waals surface area contributed by atoms with Crippen LogP contribution < -0.4 is 11.2 Å². The van der Waals surface area contributed by atoms with Gasteiger partial charge in [0.05, 0.1) is 5.92 Å². The Labute approximate surface area is 143 Å². The predicted molar refractivity (Wildman–Crippen MR) is 88.3 cm³/mol. The Morgan fingerprint density at radius 1 is 1.32 bits per heavy atom. The fourth-order valence-corrected chi connectivity index (χ4v) is 3.20. The van der Waals surface area contributed by atoms with Gasteiger partial charge in [0.25, 0.3) is 5.56 Å². The largest absolute Gasteiger partial charge is 0.342 e. The van der Waals surface area contributed by atoms with E-state index >= 15 is 0 Å². The Balaban J connectivity index is 1.63. The quantitative estimate of drug-likeness (QED) is 0.825. The molecule has 9 nitrogen and oxygen atoms in total. The molecule has 2 aromatic rings. The third-order valence-corrected chi connectivity index (χ3v) is 4.51. The molecule has 0 radical (unpaired) electrons. The van der Waals surface area contributed by atoms with E-state index in [1.807, 2.05) is 0 Å². The minimum atomic E-state index is -0.536. The lowest BCUT2D eigenvalue weighted by Crippen LogP contribution is -2.39. The average molecular weight is 347 g/mol. The molecule has 3 heterocycles. The number of aryl methyl sites for hydroxylation is 2. The van der Waals surface area contributed by atoms with Crippen LogP contribution in [0.2, 0.25) is 0 Å². The van der Waals surface area contributed by atoms with Crippen molar-refractivity contribution in [1.82, 2.24) is 25.0 Å². The van der Waals surface area contributed by atoms with E-state index in [2.05, 4.69) is 20.1 Å². The van der Waals surface area contributed by atoms with Crippen LogP contribution in [0.15, 0.2) is 14.1 Å². The molecule has 25 heavy (non-hydrogen) atoms. The molecule has 0 bridgehead atoms. The van der Waals surface area contributed by atoms with E-state index in [4.69, 9.17) is 4.52 Å². The second kappa shape index (κ2) is 7.04. The van der Waals surface area contributed by atoms with Crippen molar-refractivity contribution in [2.24, 2.45) is 0 Å². The summed E-state index contributed by atoms with van der Waals surface area (Å²) in [5.74, 6) is 1.19. The van der Waals surface area contributed by atoms with Gasteiger partial charge >= 0.3 is 5.69 Å². The molecule has 134 valence electrons. The number of hydrogen-bond donors (Lipinski definition) is 2. The van der Waals surface area contributed by atoms with E-state index in [9.17, 15) is 14.4 Å². The van der Waals surface area contributed by atoms with Crippen molar-refractivity contribution in [1.29, 1.82) is 0 Å². The van der Waals surface area contributed by atoms with Gasteiger partial charge in [0, 0.05) is 30.8 Å². The number of piperidine rings is 1. The maximum atomic E-state index is 12.5. The van der Waals surface area contributed by atoms with Gasteiger partial charge in [-0.05, 0) is 33.1 Å². The number of rotatable bonds is 4. The number of likely N-dealkylation sites (tertiary alicyclic amines) is 1. The van der Waals surface area contributed by atoms with Crippen molar-refractivity contribution < 1.29 is 9.32 Å². The maximum absolute atomic E-state index is 12.5. The van der Waals surface area contributed by atoms with Crippen LogP contribution in [-0.2, 0) is 11.2 Å². The third-order valence-electron chi connectivity index (χ3n) is 4.51. The zero-order valence-electron chi connectivity index (χ0n) is 14.3. The van der Waals surface area contributed by atoms with Crippen molar-refractivity contribution in [3.8, 4) is 0 Å². The van der Waals surface area contributed by atoms with E-state index in [0.29, 0.717) is 36.1 Å². The molecule has 0 spiro atoms. The summed E-state index contributed by atoms with van der Waals surface area (Å²) >= 11 is 0. The molecule has 1 fully saturated rings. The van der Waals surface area contributed by atoms with Crippen LogP contribution in [0.5, 0.6) is 0 Å². The highest BCUT2D eigenvalue weighted by Gasteiger charge is 2.28. The van der Waals surface area contributed by atoms with Crippen molar-refractivity contribution in [3.05, 3.63) is 43.8 Å². The highest BCUT2D eigenvalue weighted by molar-refractivity contribution is 5.76. The molecule has 2 N–H and O–H groups in total. The molecule has 2 aromatic heterocycles. The summed E-state index contributed by atoms with van der Waals surface area (Å²) in [4.78, 5) is 46.4. The summed E-state index contributed by atoms with van der Waals surface area (Å²) in [5, 5.41) is 3.81. The minimum Gasteiger partial charge on any atom is -0.342 e. The molecule has 0 aliphatic carbocycles. The third kappa shape index (κ3) is 3.86. The van der Waals surface area contributed by atoms with Gasteiger partial charge in [0.15, 0.2) is 5.82 Å². The number of carbonyl (C=O) groups excluding carboxylic acids is 1.